The predicted molar refractivity (Wildman–Crippen MR) is 81.1 cm³/mol. The van der Waals surface area contributed by atoms with Crippen molar-refractivity contribution in [3.05, 3.63) is 42.5 Å². The molecule has 1 unspecified atom stereocenters. The van der Waals surface area contributed by atoms with Crippen molar-refractivity contribution < 1.29 is 0 Å². The van der Waals surface area contributed by atoms with Crippen LogP contribution in [0.4, 0.5) is 0 Å². The van der Waals surface area contributed by atoms with Gasteiger partial charge in [-0.3, -0.25) is 4.99 Å². The normalized spacial score (nSPS) is 13.1. The molecule has 3 nitrogen and oxygen atoms in total. The largest absolute Gasteiger partial charge is 0.370 e. The summed E-state index contributed by atoms with van der Waals surface area (Å²) in [5, 5.41) is 3.42. The van der Waals surface area contributed by atoms with Gasteiger partial charge in [0, 0.05) is 16.7 Å². The summed E-state index contributed by atoms with van der Waals surface area (Å²) in [6.07, 6.45) is 0. The highest BCUT2D eigenvalue weighted by molar-refractivity contribution is 8.00. The molecule has 0 amide bonds. The van der Waals surface area contributed by atoms with Crippen LogP contribution in [-0.4, -0.2) is 24.3 Å². The van der Waals surface area contributed by atoms with Crippen molar-refractivity contribution in [2.45, 2.75) is 24.0 Å². The summed E-state index contributed by atoms with van der Waals surface area (Å²) in [4.78, 5) is 5.57. The van der Waals surface area contributed by atoms with E-state index in [1.807, 2.05) is 25.1 Å². The summed E-state index contributed by atoms with van der Waals surface area (Å²) in [5.74, 6) is 0.485. The van der Waals surface area contributed by atoms with Crippen LogP contribution in [0.1, 0.15) is 13.8 Å². The maximum absolute atomic E-state index is 5.75. The second-order valence-electron chi connectivity index (χ2n) is 4.28. The molecule has 3 N–H and O–H groups in total. The summed E-state index contributed by atoms with van der Waals surface area (Å²) in [7, 11) is 0. The molecule has 0 heterocycles. The van der Waals surface area contributed by atoms with Gasteiger partial charge in [0.05, 0.1) is 6.54 Å². The van der Waals surface area contributed by atoms with Gasteiger partial charge in [-0.2, -0.15) is 0 Å². The number of hydrogen-bond donors (Lipinski definition) is 2. The van der Waals surface area contributed by atoms with Crippen molar-refractivity contribution in [2.24, 2.45) is 10.7 Å². The number of aliphatic imine (C=N–C) groups is 1. The number of rotatable bonds is 6. The van der Waals surface area contributed by atoms with Gasteiger partial charge in [0.15, 0.2) is 5.96 Å². The van der Waals surface area contributed by atoms with Crippen LogP contribution >= 0.6 is 11.8 Å². The minimum Gasteiger partial charge on any atom is -0.370 e. The summed E-state index contributed by atoms with van der Waals surface area (Å²) in [6, 6.07) is 10.3. The molecule has 0 bridgehead atoms. The Kier molecular flexibility index (Phi) is 6.36. The third-order valence-electron chi connectivity index (χ3n) is 2.17. The van der Waals surface area contributed by atoms with Crippen LogP contribution in [-0.2, 0) is 0 Å². The molecule has 1 atom stereocenters. The fourth-order valence-electron chi connectivity index (χ4n) is 1.29. The highest BCUT2D eigenvalue weighted by Gasteiger charge is 2.03. The first-order chi connectivity index (χ1) is 8.58. The molecule has 1 aromatic rings. The average molecular weight is 263 g/mol. The van der Waals surface area contributed by atoms with Crippen LogP contribution < -0.4 is 11.1 Å². The number of guanidine groups is 1. The Balaban J connectivity index is 2.34. The number of nitrogens with one attached hydrogen (secondary N) is 1. The number of benzene rings is 1. The van der Waals surface area contributed by atoms with E-state index < -0.39 is 0 Å². The minimum atomic E-state index is 0.401. The Morgan fingerprint density at radius 3 is 2.72 bits per heavy atom. The molecule has 18 heavy (non-hydrogen) atoms. The second-order valence-corrected chi connectivity index (χ2v) is 5.79. The lowest BCUT2D eigenvalue weighted by Crippen LogP contribution is -2.33. The van der Waals surface area contributed by atoms with Crippen molar-refractivity contribution >= 4 is 17.7 Å². The monoisotopic (exact) mass is 263 g/mol. The molecule has 1 aromatic carbocycles. The highest BCUT2D eigenvalue weighted by atomic mass is 32.2. The number of hydrogen-bond acceptors (Lipinski definition) is 2. The van der Waals surface area contributed by atoms with E-state index in [9.17, 15) is 0 Å². The Labute approximate surface area is 114 Å². The van der Waals surface area contributed by atoms with Crippen LogP contribution in [0.5, 0.6) is 0 Å². The topological polar surface area (TPSA) is 50.4 Å². The molecular formula is C14H21N3S. The van der Waals surface area contributed by atoms with Gasteiger partial charge in [0.2, 0.25) is 0 Å². The Morgan fingerprint density at radius 2 is 2.11 bits per heavy atom. The highest BCUT2D eigenvalue weighted by Crippen LogP contribution is 2.22. The lowest BCUT2D eigenvalue weighted by atomic mass is 10.3. The van der Waals surface area contributed by atoms with Crippen molar-refractivity contribution in [3.8, 4) is 0 Å². The zero-order valence-corrected chi connectivity index (χ0v) is 11.8. The molecule has 98 valence electrons. The molecule has 0 saturated heterocycles. The summed E-state index contributed by atoms with van der Waals surface area (Å²) in [5.41, 5.74) is 6.79. The van der Waals surface area contributed by atoms with Crippen LogP contribution in [0.25, 0.3) is 0 Å². The van der Waals surface area contributed by atoms with E-state index in [1.165, 1.54) is 4.90 Å². The van der Waals surface area contributed by atoms with E-state index in [0.29, 0.717) is 24.3 Å². The fourth-order valence-corrected chi connectivity index (χ4v) is 2.22. The quantitative estimate of drug-likeness (QED) is 0.359. The van der Waals surface area contributed by atoms with Gasteiger partial charge in [0.25, 0.3) is 0 Å². The lowest BCUT2D eigenvalue weighted by Gasteiger charge is -2.09. The van der Waals surface area contributed by atoms with E-state index in [0.717, 1.165) is 5.57 Å². The molecule has 0 aliphatic rings. The van der Waals surface area contributed by atoms with E-state index in [4.69, 9.17) is 5.73 Å². The molecule has 4 heteroatoms. The summed E-state index contributed by atoms with van der Waals surface area (Å²) >= 11 is 1.80. The van der Waals surface area contributed by atoms with Crippen molar-refractivity contribution in [1.82, 2.24) is 5.32 Å². The van der Waals surface area contributed by atoms with Gasteiger partial charge in [-0.25, -0.2) is 0 Å². The van der Waals surface area contributed by atoms with E-state index in [-0.39, 0.29) is 0 Å². The van der Waals surface area contributed by atoms with Crippen LogP contribution in [0.2, 0.25) is 0 Å². The minimum absolute atomic E-state index is 0.401. The van der Waals surface area contributed by atoms with Gasteiger partial charge in [-0.15, -0.1) is 11.8 Å². The van der Waals surface area contributed by atoms with Crippen molar-refractivity contribution in [3.63, 3.8) is 0 Å². The SMILES string of the molecule is C=C(C)CNC(N)=NCC(C)Sc1ccccc1. The Hall–Kier alpha value is -1.42. The summed E-state index contributed by atoms with van der Waals surface area (Å²) in [6.45, 7) is 9.28. The number of thioether (sulfide) groups is 1. The maximum atomic E-state index is 5.75. The second kappa shape index (κ2) is 7.82. The van der Waals surface area contributed by atoms with Crippen molar-refractivity contribution in [2.75, 3.05) is 13.1 Å². The van der Waals surface area contributed by atoms with Gasteiger partial charge in [-0.1, -0.05) is 37.3 Å². The Bertz CT molecular complexity index is 401. The molecule has 0 aromatic heterocycles. The fraction of sp³-hybridized carbons (Fsp3) is 0.357. The van der Waals surface area contributed by atoms with Gasteiger partial charge in [-0.05, 0) is 19.1 Å². The molecule has 0 spiro atoms. The molecule has 0 aliphatic heterocycles. The molecular weight excluding hydrogens is 242 g/mol. The van der Waals surface area contributed by atoms with Crippen LogP contribution in [0.15, 0.2) is 52.4 Å². The first-order valence-electron chi connectivity index (χ1n) is 5.98. The standard InChI is InChI=1S/C14H21N3S/c1-11(2)9-16-14(15)17-10-12(3)18-13-7-5-4-6-8-13/h4-8,12H,1,9-10H2,2-3H3,(H3,15,16,17). The van der Waals surface area contributed by atoms with Gasteiger partial charge >= 0.3 is 0 Å². The molecule has 1 rings (SSSR count). The lowest BCUT2D eigenvalue weighted by molar-refractivity contribution is 0.907. The molecule has 0 fully saturated rings. The van der Waals surface area contributed by atoms with Crippen LogP contribution in [0, 0.1) is 0 Å². The van der Waals surface area contributed by atoms with E-state index >= 15 is 0 Å². The van der Waals surface area contributed by atoms with Gasteiger partial charge in [0.1, 0.15) is 0 Å². The van der Waals surface area contributed by atoms with Crippen LogP contribution in [0.3, 0.4) is 0 Å². The average Bonchev–Trinajstić information content (AvgIpc) is 2.35. The number of nitrogens with zero attached hydrogens (tertiary/aromatic N) is 1. The smallest absolute Gasteiger partial charge is 0.188 e. The summed E-state index contributed by atoms with van der Waals surface area (Å²) < 4.78 is 0. The zero-order valence-electron chi connectivity index (χ0n) is 11.0. The molecule has 0 radical (unpaired) electrons. The molecule has 0 aliphatic carbocycles. The number of nitrogens with two attached hydrogens (primary N) is 1. The third-order valence-corrected chi connectivity index (χ3v) is 3.27. The molecule has 0 saturated carbocycles. The van der Waals surface area contributed by atoms with E-state index in [1.54, 1.807) is 11.8 Å². The zero-order chi connectivity index (χ0) is 13.4. The predicted octanol–water partition coefficient (Wildman–Crippen LogP) is 2.65. The van der Waals surface area contributed by atoms with Crippen molar-refractivity contribution in [1.29, 1.82) is 0 Å². The van der Waals surface area contributed by atoms with E-state index in [2.05, 4.69) is 35.9 Å². The Morgan fingerprint density at radius 1 is 1.44 bits per heavy atom. The third kappa shape index (κ3) is 6.35. The first-order valence-corrected chi connectivity index (χ1v) is 6.85. The first kappa shape index (κ1) is 14.6. The van der Waals surface area contributed by atoms with Gasteiger partial charge < -0.3 is 11.1 Å². The maximum Gasteiger partial charge on any atom is 0.188 e.